The molecule has 7 nitrogen and oxygen atoms in total. The normalized spacial score (nSPS) is 12.9. The Kier molecular flexibility index (Phi) is 14.1. The number of ether oxygens (including phenoxy) is 1. The number of hydrogen-bond donors (Lipinski definition) is 1. The zero-order valence-corrected chi connectivity index (χ0v) is 26.6. The number of unbranched alkanes of at least 4 members (excludes halogenated alkanes) is 13. The molecule has 3 aromatic rings. The summed E-state index contributed by atoms with van der Waals surface area (Å²) in [6.45, 7) is 4.43. The zero-order chi connectivity index (χ0) is 29.5. The summed E-state index contributed by atoms with van der Waals surface area (Å²) >= 11 is 1.53. The van der Waals surface area contributed by atoms with E-state index >= 15 is 0 Å². The van der Waals surface area contributed by atoms with E-state index in [1.807, 2.05) is 35.9 Å². The van der Waals surface area contributed by atoms with Gasteiger partial charge in [-0.1, -0.05) is 114 Å². The van der Waals surface area contributed by atoms with Crippen LogP contribution in [0.25, 0.3) is 10.2 Å². The molecule has 0 amide bonds. The van der Waals surface area contributed by atoms with Crippen molar-refractivity contribution in [2.45, 2.75) is 109 Å². The summed E-state index contributed by atoms with van der Waals surface area (Å²) < 4.78 is 43.0. The predicted molar refractivity (Wildman–Crippen MR) is 171 cm³/mol. The summed E-state index contributed by atoms with van der Waals surface area (Å²) in [7, 11) is -2.53. The number of thiazole rings is 1. The molecule has 0 spiro atoms. The Morgan fingerprint density at radius 1 is 0.878 bits per heavy atom. The first-order chi connectivity index (χ1) is 19.8. The fraction of sp³-hybridized carbons (Fsp3) is 0.562. The first kappa shape index (κ1) is 33.0. The van der Waals surface area contributed by atoms with E-state index < -0.39 is 10.1 Å². The molecule has 0 unspecified atom stereocenters. The standard InChI is InChI=1S/C32H47N3O4S2/c1-4-5-6-7-8-9-10-11-12-13-14-15-16-19-24-39-29-23-22-27(25-31(29)41(36,37)38)26(2)33-34-32-35(3)28-20-17-18-21-30(28)40-32/h17-18,20-23,25H,4-16,19,24H2,1-3H3,(H,36,37,38). The van der Waals surface area contributed by atoms with Crippen LogP contribution in [-0.2, 0) is 17.2 Å². The molecule has 2 aromatic carbocycles. The SMILES string of the molecule is CCCCCCCCCCCCCCCCOc1ccc(C(C)=NN=c2sc3ccccc3n2C)cc1S(=O)(=O)O. The van der Waals surface area contributed by atoms with Crippen LogP contribution in [0.1, 0.15) is 109 Å². The average molecular weight is 602 g/mol. The Balaban J connectivity index is 1.44. The molecule has 0 atom stereocenters. The Labute approximate surface area is 250 Å². The van der Waals surface area contributed by atoms with E-state index in [2.05, 4.69) is 17.1 Å². The van der Waals surface area contributed by atoms with Gasteiger partial charge in [-0.25, -0.2) is 0 Å². The molecule has 0 fully saturated rings. The molecule has 0 aliphatic carbocycles. The van der Waals surface area contributed by atoms with Crippen molar-refractivity contribution in [3.05, 3.63) is 52.8 Å². The van der Waals surface area contributed by atoms with E-state index in [4.69, 9.17) is 4.74 Å². The summed E-state index contributed by atoms with van der Waals surface area (Å²) in [6, 6.07) is 12.7. The lowest BCUT2D eigenvalue weighted by molar-refractivity contribution is 0.295. The van der Waals surface area contributed by atoms with Gasteiger partial charge in [0.1, 0.15) is 10.6 Å². The van der Waals surface area contributed by atoms with Crippen molar-refractivity contribution in [2.75, 3.05) is 6.61 Å². The van der Waals surface area contributed by atoms with Crippen LogP contribution in [0, 0.1) is 0 Å². The number of aryl methyl sites for hydroxylation is 1. The van der Waals surface area contributed by atoms with Gasteiger partial charge in [-0.05, 0) is 49.2 Å². The molecule has 0 bridgehead atoms. The zero-order valence-electron chi connectivity index (χ0n) is 25.0. The van der Waals surface area contributed by atoms with Gasteiger partial charge >= 0.3 is 0 Å². The second kappa shape index (κ2) is 17.5. The van der Waals surface area contributed by atoms with Gasteiger partial charge in [0.2, 0.25) is 4.80 Å². The highest BCUT2D eigenvalue weighted by molar-refractivity contribution is 7.86. The van der Waals surface area contributed by atoms with Crippen molar-refractivity contribution < 1.29 is 17.7 Å². The fourth-order valence-electron chi connectivity index (χ4n) is 4.89. The van der Waals surface area contributed by atoms with Gasteiger partial charge in [0.25, 0.3) is 10.1 Å². The summed E-state index contributed by atoms with van der Waals surface area (Å²) in [5.74, 6) is 0.159. The van der Waals surface area contributed by atoms with Gasteiger partial charge < -0.3 is 9.30 Å². The first-order valence-electron chi connectivity index (χ1n) is 15.2. The third-order valence-electron chi connectivity index (χ3n) is 7.40. The molecule has 41 heavy (non-hydrogen) atoms. The average Bonchev–Trinajstić information content (AvgIpc) is 3.28. The van der Waals surface area contributed by atoms with Gasteiger partial charge in [0.15, 0.2) is 0 Å². The van der Waals surface area contributed by atoms with E-state index in [0.717, 1.165) is 34.3 Å². The maximum absolute atomic E-state index is 12.1. The van der Waals surface area contributed by atoms with Gasteiger partial charge in [0.05, 0.1) is 22.5 Å². The number of benzene rings is 2. The number of rotatable bonds is 19. The number of hydrogen-bond acceptors (Lipinski definition) is 6. The molecule has 3 rings (SSSR count). The van der Waals surface area contributed by atoms with Crippen molar-refractivity contribution in [3.8, 4) is 5.75 Å². The Morgan fingerprint density at radius 2 is 1.46 bits per heavy atom. The van der Waals surface area contributed by atoms with Crippen LogP contribution in [0.15, 0.2) is 57.6 Å². The van der Waals surface area contributed by atoms with Crippen LogP contribution >= 0.6 is 11.3 Å². The number of para-hydroxylation sites is 1. The topological polar surface area (TPSA) is 93.3 Å². The van der Waals surface area contributed by atoms with Crippen LogP contribution in [0.2, 0.25) is 0 Å². The predicted octanol–water partition coefficient (Wildman–Crippen LogP) is 8.67. The van der Waals surface area contributed by atoms with Crippen LogP contribution in [0.4, 0.5) is 0 Å². The Morgan fingerprint density at radius 3 is 2.05 bits per heavy atom. The second-order valence-corrected chi connectivity index (χ2v) is 13.2. The van der Waals surface area contributed by atoms with Crippen molar-refractivity contribution in [2.24, 2.45) is 17.3 Å². The van der Waals surface area contributed by atoms with Gasteiger partial charge in [-0.3, -0.25) is 4.55 Å². The smallest absolute Gasteiger partial charge is 0.298 e. The quantitative estimate of drug-likeness (QED) is 0.0644. The molecule has 0 aliphatic rings. The summed E-state index contributed by atoms with van der Waals surface area (Å²) in [6.07, 6.45) is 17.8. The molecule has 1 N–H and O–H groups in total. The van der Waals surface area contributed by atoms with Gasteiger partial charge in [-0.2, -0.15) is 13.5 Å². The molecule has 226 valence electrons. The van der Waals surface area contributed by atoms with E-state index in [-0.39, 0.29) is 10.6 Å². The van der Waals surface area contributed by atoms with Crippen LogP contribution in [0.5, 0.6) is 5.75 Å². The minimum atomic E-state index is -4.46. The van der Waals surface area contributed by atoms with Crippen LogP contribution < -0.4 is 9.54 Å². The van der Waals surface area contributed by atoms with Crippen molar-refractivity contribution in [1.82, 2.24) is 4.57 Å². The molecule has 0 saturated carbocycles. The Bertz CT molecular complexity index is 1420. The molecular formula is C32H47N3O4S2. The maximum Gasteiger partial charge on any atom is 0.298 e. The van der Waals surface area contributed by atoms with Crippen LogP contribution in [-0.4, -0.2) is 29.9 Å². The molecule has 0 saturated heterocycles. The monoisotopic (exact) mass is 601 g/mol. The lowest BCUT2D eigenvalue weighted by atomic mass is 10.0. The third kappa shape index (κ3) is 11.0. The highest BCUT2D eigenvalue weighted by atomic mass is 32.2. The minimum Gasteiger partial charge on any atom is -0.492 e. The van der Waals surface area contributed by atoms with E-state index in [1.54, 1.807) is 19.1 Å². The molecule has 0 aliphatic heterocycles. The highest BCUT2D eigenvalue weighted by Crippen LogP contribution is 2.26. The summed E-state index contributed by atoms with van der Waals surface area (Å²) in [4.78, 5) is 0.482. The molecular weight excluding hydrogens is 555 g/mol. The molecule has 1 heterocycles. The van der Waals surface area contributed by atoms with Gasteiger partial charge in [-0.15, -0.1) is 5.10 Å². The first-order valence-corrected chi connectivity index (χ1v) is 17.4. The van der Waals surface area contributed by atoms with E-state index in [1.165, 1.54) is 88.0 Å². The summed E-state index contributed by atoms with van der Waals surface area (Å²) in [5.41, 5.74) is 2.15. The third-order valence-corrected chi connectivity index (χ3v) is 9.37. The number of fused-ring (bicyclic) bond motifs is 1. The van der Waals surface area contributed by atoms with Crippen molar-refractivity contribution in [1.29, 1.82) is 0 Å². The lowest BCUT2D eigenvalue weighted by Gasteiger charge is -2.11. The maximum atomic E-state index is 12.1. The number of nitrogens with zero attached hydrogens (tertiary/aromatic N) is 3. The van der Waals surface area contributed by atoms with Gasteiger partial charge in [0, 0.05) is 7.05 Å². The van der Waals surface area contributed by atoms with Crippen molar-refractivity contribution in [3.63, 3.8) is 0 Å². The number of aromatic nitrogens is 1. The van der Waals surface area contributed by atoms with E-state index in [9.17, 15) is 13.0 Å². The lowest BCUT2D eigenvalue weighted by Crippen LogP contribution is -2.10. The molecule has 0 radical (unpaired) electrons. The highest BCUT2D eigenvalue weighted by Gasteiger charge is 2.18. The molecule has 1 aromatic heterocycles. The van der Waals surface area contributed by atoms with E-state index in [0.29, 0.717) is 17.9 Å². The van der Waals surface area contributed by atoms with Crippen molar-refractivity contribution >= 4 is 37.4 Å². The largest absolute Gasteiger partial charge is 0.492 e. The van der Waals surface area contributed by atoms with Crippen LogP contribution in [0.3, 0.4) is 0 Å². The Hall–Kier alpha value is -2.49. The summed E-state index contributed by atoms with van der Waals surface area (Å²) in [5, 5.41) is 8.71. The fourth-order valence-corrected chi connectivity index (χ4v) is 6.51. The second-order valence-electron chi connectivity index (χ2n) is 10.8. The minimum absolute atomic E-state index is 0.159. The molecule has 9 heteroatoms.